The fourth-order valence-electron chi connectivity index (χ4n) is 3.25. The van der Waals surface area contributed by atoms with Crippen molar-refractivity contribution in [3.63, 3.8) is 0 Å². The highest BCUT2D eigenvalue weighted by molar-refractivity contribution is 6.30. The minimum absolute atomic E-state index is 0.0268. The van der Waals surface area contributed by atoms with Crippen molar-refractivity contribution in [2.75, 3.05) is 20.6 Å². The second-order valence-corrected chi connectivity index (χ2v) is 7.42. The molecular weight excluding hydrogens is 336 g/mol. The van der Waals surface area contributed by atoms with Gasteiger partial charge in [-0.05, 0) is 25.0 Å². The van der Waals surface area contributed by atoms with Gasteiger partial charge in [0.05, 0.1) is 17.9 Å². The Balaban J connectivity index is 1.78. The van der Waals surface area contributed by atoms with Gasteiger partial charge in [0.2, 0.25) is 0 Å². The number of hydrogen-bond donors (Lipinski definition) is 0. The van der Waals surface area contributed by atoms with E-state index in [9.17, 15) is 4.79 Å². The third-order valence-corrected chi connectivity index (χ3v) is 5.04. The highest BCUT2D eigenvalue weighted by Crippen LogP contribution is 2.40. The van der Waals surface area contributed by atoms with E-state index in [4.69, 9.17) is 21.6 Å². The molecule has 0 atom stereocenters. The van der Waals surface area contributed by atoms with Gasteiger partial charge >= 0.3 is 6.03 Å². The summed E-state index contributed by atoms with van der Waals surface area (Å²) < 4.78 is 0. The second-order valence-electron chi connectivity index (χ2n) is 6.99. The monoisotopic (exact) mass is 356 g/mol. The lowest BCUT2D eigenvalue weighted by atomic mass is 9.99. The maximum atomic E-state index is 12.4. The van der Waals surface area contributed by atoms with E-state index in [-0.39, 0.29) is 6.03 Å². The van der Waals surface area contributed by atoms with Crippen LogP contribution in [0.25, 0.3) is 11.3 Å². The summed E-state index contributed by atoms with van der Waals surface area (Å²) in [6, 6.07) is 7.78. The van der Waals surface area contributed by atoms with Gasteiger partial charge in [0, 0.05) is 49.1 Å². The number of nitrogens with zero attached hydrogens (tertiary/aromatic N) is 4. The lowest BCUT2D eigenvalue weighted by Gasteiger charge is -2.31. The third kappa shape index (κ3) is 3.21. The third-order valence-electron chi connectivity index (χ3n) is 4.79. The highest BCUT2D eigenvalue weighted by Gasteiger charge is 2.31. The van der Waals surface area contributed by atoms with Crippen LogP contribution in [0.1, 0.15) is 35.8 Å². The zero-order chi connectivity index (χ0) is 17.6. The van der Waals surface area contributed by atoms with Crippen molar-refractivity contribution in [3.05, 3.63) is 46.4 Å². The summed E-state index contributed by atoms with van der Waals surface area (Å²) in [5, 5.41) is 0.707. The number of rotatable bonds is 2. The van der Waals surface area contributed by atoms with Gasteiger partial charge in [-0.1, -0.05) is 23.7 Å². The summed E-state index contributed by atoms with van der Waals surface area (Å²) >= 11 is 6.04. The topological polar surface area (TPSA) is 49.3 Å². The van der Waals surface area contributed by atoms with Crippen LogP contribution in [0, 0.1) is 0 Å². The van der Waals surface area contributed by atoms with Gasteiger partial charge in [0.1, 0.15) is 5.82 Å². The summed E-state index contributed by atoms with van der Waals surface area (Å²) in [5.41, 5.74) is 4.13. The maximum absolute atomic E-state index is 12.4. The molecule has 5 nitrogen and oxygen atoms in total. The lowest BCUT2D eigenvalue weighted by molar-refractivity contribution is 0.165. The van der Waals surface area contributed by atoms with Crippen LogP contribution in [0.4, 0.5) is 4.79 Å². The molecule has 1 aromatic carbocycles. The average Bonchev–Trinajstić information content (AvgIpc) is 3.45. The first-order valence-electron chi connectivity index (χ1n) is 8.65. The van der Waals surface area contributed by atoms with Crippen molar-refractivity contribution in [2.24, 2.45) is 0 Å². The zero-order valence-corrected chi connectivity index (χ0v) is 15.3. The number of halogens is 1. The molecule has 1 fully saturated rings. The van der Waals surface area contributed by atoms with Gasteiger partial charge in [-0.3, -0.25) is 0 Å². The molecule has 0 N–H and O–H groups in total. The van der Waals surface area contributed by atoms with E-state index < -0.39 is 0 Å². The van der Waals surface area contributed by atoms with E-state index in [0.29, 0.717) is 24.0 Å². The van der Waals surface area contributed by atoms with E-state index in [0.717, 1.165) is 34.8 Å². The van der Waals surface area contributed by atoms with Gasteiger partial charge in [-0.15, -0.1) is 0 Å². The number of carbonyl (C=O) groups excluding carboxylic acids is 1. The molecular formula is C19H21ClN4O. The summed E-state index contributed by atoms with van der Waals surface area (Å²) in [6.07, 6.45) is 3.12. The molecule has 1 aliphatic heterocycles. The Morgan fingerprint density at radius 2 is 1.92 bits per heavy atom. The Labute approximate surface area is 152 Å². The molecule has 0 bridgehead atoms. The van der Waals surface area contributed by atoms with Gasteiger partial charge in [0.25, 0.3) is 0 Å². The molecule has 130 valence electrons. The van der Waals surface area contributed by atoms with Crippen LogP contribution in [-0.2, 0) is 13.0 Å². The summed E-state index contributed by atoms with van der Waals surface area (Å²) in [7, 11) is 3.56. The molecule has 1 aliphatic carbocycles. The van der Waals surface area contributed by atoms with Crippen LogP contribution < -0.4 is 0 Å². The molecule has 2 aliphatic rings. The Hall–Kier alpha value is -2.14. The van der Waals surface area contributed by atoms with E-state index in [1.807, 2.05) is 29.2 Å². The quantitative estimate of drug-likeness (QED) is 0.824. The number of urea groups is 1. The number of fused-ring (bicyclic) bond motifs is 1. The van der Waals surface area contributed by atoms with Crippen molar-refractivity contribution in [1.82, 2.24) is 19.8 Å². The molecule has 2 amide bonds. The maximum Gasteiger partial charge on any atom is 0.319 e. The first-order chi connectivity index (χ1) is 12.0. The van der Waals surface area contributed by atoms with E-state index in [1.54, 1.807) is 19.0 Å². The van der Waals surface area contributed by atoms with E-state index >= 15 is 0 Å². The molecule has 0 saturated heterocycles. The number of benzene rings is 1. The lowest BCUT2D eigenvalue weighted by Crippen LogP contribution is -2.42. The van der Waals surface area contributed by atoms with Crippen molar-refractivity contribution >= 4 is 17.6 Å². The van der Waals surface area contributed by atoms with Crippen molar-refractivity contribution in [3.8, 4) is 11.3 Å². The number of aromatic nitrogens is 2. The molecule has 2 heterocycles. The van der Waals surface area contributed by atoms with Crippen LogP contribution in [0.2, 0.25) is 5.02 Å². The summed E-state index contributed by atoms with van der Waals surface area (Å²) in [6.45, 7) is 1.25. The van der Waals surface area contributed by atoms with E-state index in [2.05, 4.69) is 0 Å². The van der Waals surface area contributed by atoms with Crippen LogP contribution in [0.5, 0.6) is 0 Å². The van der Waals surface area contributed by atoms with Crippen molar-refractivity contribution in [2.45, 2.75) is 31.7 Å². The Kier molecular flexibility index (Phi) is 4.12. The predicted molar refractivity (Wildman–Crippen MR) is 97.7 cm³/mol. The minimum atomic E-state index is 0.0268. The first-order valence-corrected chi connectivity index (χ1v) is 9.02. The predicted octanol–water partition coefficient (Wildman–Crippen LogP) is 3.71. The number of amides is 2. The molecule has 2 aromatic rings. The summed E-state index contributed by atoms with van der Waals surface area (Å²) in [5.74, 6) is 1.45. The van der Waals surface area contributed by atoms with Crippen molar-refractivity contribution in [1.29, 1.82) is 0 Å². The number of carbonyl (C=O) groups is 1. The SMILES string of the molecule is CN(C)C(=O)N1CCc2nc(C3CC3)nc(-c3ccc(Cl)cc3)c2C1. The summed E-state index contributed by atoms with van der Waals surface area (Å²) in [4.78, 5) is 25.6. The molecule has 0 radical (unpaired) electrons. The zero-order valence-electron chi connectivity index (χ0n) is 14.5. The Morgan fingerprint density at radius 1 is 1.20 bits per heavy atom. The van der Waals surface area contributed by atoms with Crippen molar-refractivity contribution < 1.29 is 4.79 Å². The average molecular weight is 357 g/mol. The smallest absolute Gasteiger partial charge is 0.319 e. The molecule has 4 rings (SSSR count). The first kappa shape index (κ1) is 16.3. The molecule has 0 spiro atoms. The Morgan fingerprint density at radius 3 is 2.56 bits per heavy atom. The second kappa shape index (κ2) is 6.30. The molecule has 6 heteroatoms. The molecule has 1 aromatic heterocycles. The molecule has 1 saturated carbocycles. The van der Waals surface area contributed by atoms with Gasteiger partial charge in [-0.25, -0.2) is 14.8 Å². The Bertz CT molecular complexity index is 815. The van der Waals surface area contributed by atoms with Crippen LogP contribution >= 0.6 is 11.6 Å². The van der Waals surface area contributed by atoms with Crippen LogP contribution in [0.15, 0.2) is 24.3 Å². The van der Waals surface area contributed by atoms with Gasteiger partial charge < -0.3 is 9.80 Å². The standard InChI is InChI=1S/C19H21ClN4O/c1-23(2)19(25)24-10-9-16-15(11-24)17(12-5-7-14(20)8-6-12)22-18(21-16)13-3-4-13/h5-8,13H,3-4,9-11H2,1-2H3. The fraction of sp³-hybridized carbons (Fsp3) is 0.421. The fourth-order valence-corrected chi connectivity index (χ4v) is 3.38. The highest BCUT2D eigenvalue weighted by atomic mass is 35.5. The van der Waals surface area contributed by atoms with E-state index in [1.165, 1.54) is 12.8 Å². The largest absolute Gasteiger partial charge is 0.331 e. The van der Waals surface area contributed by atoms with Gasteiger partial charge in [0.15, 0.2) is 0 Å². The van der Waals surface area contributed by atoms with Crippen LogP contribution in [0.3, 0.4) is 0 Å². The normalized spacial score (nSPS) is 16.5. The van der Waals surface area contributed by atoms with Gasteiger partial charge in [-0.2, -0.15) is 0 Å². The molecule has 0 unspecified atom stereocenters. The molecule has 25 heavy (non-hydrogen) atoms. The minimum Gasteiger partial charge on any atom is -0.331 e. The number of hydrogen-bond acceptors (Lipinski definition) is 3. The van der Waals surface area contributed by atoms with Crippen LogP contribution in [-0.4, -0.2) is 46.4 Å².